The van der Waals surface area contributed by atoms with Crippen LogP contribution in [0.1, 0.15) is 58.3 Å². The summed E-state index contributed by atoms with van der Waals surface area (Å²) in [5.41, 5.74) is 0. The van der Waals surface area contributed by atoms with Crippen LogP contribution in [-0.4, -0.2) is 37.1 Å². The molecule has 0 aromatic rings. The Morgan fingerprint density at radius 1 is 1.12 bits per heavy atom. The lowest BCUT2D eigenvalue weighted by atomic mass is 9.84. The van der Waals surface area contributed by atoms with Crippen molar-refractivity contribution in [3.8, 4) is 0 Å². The first-order valence-electron chi connectivity index (χ1n) is 7.73. The smallest absolute Gasteiger partial charge is 0.0217 e. The van der Waals surface area contributed by atoms with Crippen molar-refractivity contribution in [3.05, 3.63) is 0 Å². The van der Waals surface area contributed by atoms with Crippen LogP contribution < -0.4 is 5.32 Å². The number of rotatable bonds is 4. The van der Waals surface area contributed by atoms with Crippen molar-refractivity contribution in [2.45, 2.75) is 70.4 Å². The minimum Gasteiger partial charge on any atom is -0.312 e. The van der Waals surface area contributed by atoms with Crippen molar-refractivity contribution in [1.29, 1.82) is 0 Å². The van der Waals surface area contributed by atoms with Crippen LogP contribution >= 0.6 is 0 Å². The van der Waals surface area contributed by atoms with Gasteiger partial charge in [0.2, 0.25) is 0 Å². The summed E-state index contributed by atoms with van der Waals surface area (Å²) in [6.07, 6.45) is 11.3. The first-order valence-corrected chi connectivity index (χ1v) is 7.73. The first kappa shape index (κ1) is 13.4. The number of nitrogens with one attached hydrogen (secondary N) is 1. The van der Waals surface area contributed by atoms with Gasteiger partial charge in [-0.2, -0.15) is 0 Å². The number of hydrogen-bond acceptors (Lipinski definition) is 2. The fourth-order valence-corrected chi connectivity index (χ4v) is 3.55. The highest BCUT2D eigenvalue weighted by Crippen LogP contribution is 2.26. The molecule has 3 atom stereocenters. The lowest BCUT2D eigenvalue weighted by Crippen LogP contribution is -2.46. The van der Waals surface area contributed by atoms with E-state index < -0.39 is 0 Å². The van der Waals surface area contributed by atoms with Gasteiger partial charge in [-0.25, -0.2) is 0 Å². The molecule has 1 aliphatic heterocycles. The minimum absolute atomic E-state index is 0.797. The summed E-state index contributed by atoms with van der Waals surface area (Å²) in [5.74, 6) is 0.991. The maximum absolute atomic E-state index is 3.84. The molecule has 3 unspecified atom stereocenters. The molecule has 1 saturated carbocycles. The summed E-state index contributed by atoms with van der Waals surface area (Å²) in [4.78, 5) is 2.55. The van der Waals surface area contributed by atoms with Crippen LogP contribution in [0.15, 0.2) is 0 Å². The van der Waals surface area contributed by atoms with Crippen LogP contribution in [-0.2, 0) is 0 Å². The third kappa shape index (κ3) is 3.96. The van der Waals surface area contributed by atoms with Gasteiger partial charge in [-0.15, -0.1) is 0 Å². The molecule has 0 spiro atoms. The van der Waals surface area contributed by atoms with Crippen molar-refractivity contribution < 1.29 is 0 Å². The zero-order valence-corrected chi connectivity index (χ0v) is 11.8. The molecule has 0 aromatic carbocycles. The van der Waals surface area contributed by atoms with Crippen molar-refractivity contribution in [1.82, 2.24) is 10.2 Å². The molecule has 2 rings (SSSR count). The van der Waals surface area contributed by atoms with Gasteiger partial charge in [0.25, 0.3) is 0 Å². The molecule has 0 amide bonds. The predicted octanol–water partition coefficient (Wildman–Crippen LogP) is 3.03. The van der Waals surface area contributed by atoms with E-state index in [4.69, 9.17) is 0 Å². The molecule has 0 aromatic heterocycles. The average Bonchev–Trinajstić information content (AvgIpc) is 2.38. The molecule has 0 bridgehead atoms. The highest BCUT2D eigenvalue weighted by atomic mass is 15.2. The molecule has 17 heavy (non-hydrogen) atoms. The quantitative estimate of drug-likeness (QED) is 0.810. The Morgan fingerprint density at radius 3 is 2.76 bits per heavy atom. The van der Waals surface area contributed by atoms with Crippen LogP contribution in [0.5, 0.6) is 0 Å². The fraction of sp³-hybridized carbons (Fsp3) is 1.00. The summed E-state index contributed by atoms with van der Waals surface area (Å²) >= 11 is 0. The van der Waals surface area contributed by atoms with Gasteiger partial charge in [0, 0.05) is 18.6 Å². The van der Waals surface area contributed by atoms with E-state index in [1.165, 1.54) is 64.5 Å². The Labute approximate surface area is 107 Å². The molecule has 1 heterocycles. The molecule has 2 nitrogen and oxygen atoms in total. The van der Waals surface area contributed by atoms with Crippen molar-refractivity contribution in [2.24, 2.45) is 5.92 Å². The van der Waals surface area contributed by atoms with Crippen LogP contribution in [0.3, 0.4) is 0 Å². The summed E-state index contributed by atoms with van der Waals surface area (Å²) < 4.78 is 0. The fourth-order valence-electron chi connectivity index (χ4n) is 3.55. The molecule has 100 valence electrons. The van der Waals surface area contributed by atoms with Gasteiger partial charge >= 0.3 is 0 Å². The van der Waals surface area contributed by atoms with E-state index >= 15 is 0 Å². The average molecular weight is 238 g/mol. The predicted molar refractivity (Wildman–Crippen MR) is 74.3 cm³/mol. The lowest BCUT2D eigenvalue weighted by molar-refractivity contribution is 0.169. The second kappa shape index (κ2) is 6.75. The first-order chi connectivity index (χ1) is 8.29. The third-order valence-corrected chi connectivity index (χ3v) is 4.92. The monoisotopic (exact) mass is 238 g/mol. The molecule has 2 fully saturated rings. The number of nitrogens with zero attached hydrogens (tertiary/aromatic N) is 1. The molecular formula is C15H30N2. The second-order valence-electron chi connectivity index (χ2n) is 6.18. The molecule has 2 heteroatoms. The largest absolute Gasteiger partial charge is 0.312 e. The number of piperidine rings is 1. The minimum atomic E-state index is 0.797. The molecule has 2 aliphatic rings. The Kier molecular flexibility index (Phi) is 5.30. The van der Waals surface area contributed by atoms with E-state index in [9.17, 15) is 0 Å². The molecule has 0 radical (unpaired) electrons. The SMILES string of the molecule is CCC1CCCC(NCC2CCCCN2C)C1. The van der Waals surface area contributed by atoms with Crippen LogP contribution in [0.4, 0.5) is 0 Å². The highest BCUT2D eigenvalue weighted by Gasteiger charge is 2.23. The molecule has 1 N–H and O–H groups in total. The normalized spacial score (nSPS) is 36.0. The van der Waals surface area contributed by atoms with E-state index in [1.54, 1.807) is 0 Å². The maximum atomic E-state index is 3.84. The second-order valence-corrected chi connectivity index (χ2v) is 6.18. The lowest BCUT2D eigenvalue weighted by Gasteiger charge is -2.35. The van der Waals surface area contributed by atoms with E-state index in [0.29, 0.717) is 0 Å². The van der Waals surface area contributed by atoms with Crippen molar-refractivity contribution in [3.63, 3.8) is 0 Å². The van der Waals surface area contributed by atoms with Crippen molar-refractivity contribution in [2.75, 3.05) is 20.1 Å². The van der Waals surface area contributed by atoms with Crippen LogP contribution in [0, 0.1) is 5.92 Å². The highest BCUT2D eigenvalue weighted by molar-refractivity contribution is 4.82. The Morgan fingerprint density at radius 2 is 2.00 bits per heavy atom. The third-order valence-electron chi connectivity index (χ3n) is 4.92. The summed E-state index contributed by atoms with van der Waals surface area (Å²) in [7, 11) is 2.29. The van der Waals surface area contributed by atoms with Crippen LogP contribution in [0.2, 0.25) is 0 Å². The van der Waals surface area contributed by atoms with Gasteiger partial charge in [-0.3, -0.25) is 0 Å². The van der Waals surface area contributed by atoms with Gasteiger partial charge < -0.3 is 10.2 Å². The zero-order chi connectivity index (χ0) is 12.1. The van der Waals surface area contributed by atoms with Crippen LogP contribution in [0.25, 0.3) is 0 Å². The van der Waals surface area contributed by atoms with E-state index in [1.807, 2.05) is 0 Å². The van der Waals surface area contributed by atoms with Crippen molar-refractivity contribution >= 4 is 0 Å². The Bertz CT molecular complexity index is 217. The maximum Gasteiger partial charge on any atom is 0.0217 e. The Hall–Kier alpha value is -0.0800. The molecule has 1 saturated heterocycles. The molecular weight excluding hydrogens is 208 g/mol. The van der Waals surface area contributed by atoms with E-state index in [-0.39, 0.29) is 0 Å². The summed E-state index contributed by atoms with van der Waals surface area (Å²) in [5, 5.41) is 3.84. The molecule has 1 aliphatic carbocycles. The van der Waals surface area contributed by atoms with E-state index in [0.717, 1.165) is 18.0 Å². The summed E-state index contributed by atoms with van der Waals surface area (Å²) in [6, 6.07) is 1.61. The number of hydrogen-bond donors (Lipinski definition) is 1. The number of likely N-dealkylation sites (N-methyl/N-ethyl adjacent to an activating group) is 1. The Balaban J connectivity index is 1.69. The zero-order valence-electron chi connectivity index (χ0n) is 11.8. The summed E-state index contributed by atoms with van der Waals surface area (Å²) in [6.45, 7) is 4.87. The standard InChI is InChI=1S/C15H30N2/c1-3-13-7-6-8-14(11-13)16-12-15-9-4-5-10-17(15)2/h13-16H,3-12H2,1-2H3. The van der Waals surface area contributed by atoms with Gasteiger partial charge in [0.05, 0.1) is 0 Å². The van der Waals surface area contributed by atoms with Gasteiger partial charge in [0.1, 0.15) is 0 Å². The number of likely N-dealkylation sites (tertiary alicyclic amines) is 1. The topological polar surface area (TPSA) is 15.3 Å². The van der Waals surface area contributed by atoms with Gasteiger partial charge in [0.15, 0.2) is 0 Å². The van der Waals surface area contributed by atoms with Gasteiger partial charge in [-0.05, 0) is 45.2 Å². The van der Waals surface area contributed by atoms with E-state index in [2.05, 4.69) is 24.2 Å². The van der Waals surface area contributed by atoms with Gasteiger partial charge in [-0.1, -0.05) is 32.6 Å².